The summed E-state index contributed by atoms with van der Waals surface area (Å²) in [6.45, 7) is 7.52. The Hall–Kier alpha value is -0.860. The average molecular weight is 221 g/mol. The van der Waals surface area contributed by atoms with Crippen molar-refractivity contribution in [3.05, 3.63) is 35.4 Å². The van der Waals surface area contributed by atoms with Gasteiger partial charge >= 0.3 is 0 Å². The van der Waals surface area contributed by atoms with Crippen molar-refractivity contribution in [2.75, 3.05) is 13.7 Å². The third-order valence-electron chi connectivity index (χ3n) is 3.04. The number of rotatable bonds is 5. The number of aryl methyl sites for hydroxylation is 1. The molecule has 0 aliphatic heterocycles. The van der Waals surface area contributed by atoms with Crippen LogP contribution in [-0.4, -0.2) is 29.7 Å². The Morgan fingerprint density at radius 3 is 2.50 bits per heavy atom. The van der Waals surface area contributed by atoms with Gasteiger partial charge in [-0.2, -0.15) is 0 Å². The van der Waals surface area contributed by atoms with Gasteiger partial charge in [0, 0.05) is 12.6 Å². The van der Waals surface area contributed by atoms with E-state index in [0.29, 0.717) is 5.92 Å². The largest absolute Gasteiger partial charge is 0.395 e. The lowest BCUT2D eigenvalue weighted by Crippen LogP contribution is -2.38. The Labute approximate surface area is 98.9 Å². The fraction of sp³-hybridized carbons (Fsp3) is 0.571. The molecule has 0 spiro atoms. The van der Waals surface area contributed by atoms with Crippen LogP contribution in [0.3, 0.4) is 0 Å². The molecule has 0 heterocycles. The maximum absolute atomic E-state index is 9.36. The third kappa shape index (κ3) is 3.62. The van der Waals surface area contributed by atoms with E-state index >= 15 is 0 Å². The molecule has 0 aromatic heterocycles. The van der Waals surface area contributed by atoms with Gasteiger partial charge < -0.3 is 5.11 Å². The average Bonchev–Trinajstić information content (AvgIpc) is 2.17. The first-order chi connectivity index (χ1) is 7.54. The Kier molecular flexibility index (Phi) is 4.97. The first-order valence-corrected chi connectivity index (χ1v) is 5.91. The molecule has 16 heavy (non-hydrogen) atoms. The van der Waals surface area contributed by atoms with Crippen molar-refractivity contribution in [1.29, 1.82) is 0 Å². The van der Waals surface area contributed by atoms with Crippen LogP contribution in [0.25, 0.3) is 0 Å². The molecule has 1 unspecified atom stereocenters. The van der Waals surface area contributed by atoms with E-state index in [1.54, 1.807) is 0 Å². The maximum atomic E-state index is 9.36. The summed E-state index contributed by atoms with van der Waals surface area (Å²) >= 11 is 0. The zero-order chi connectivity index (χ0) is 12.1. The lowest BCUT2D eigenvalue weighted by atomic mass is 10.0. The van der Waals surface area contributed by atoms with Gasteiger partial charge in [-0.15, -0.1) is 0 Å². The van der Waals surface area contributed by atoms with E-state index < -0.39 is 0 Å². The first-order valence-electron chi connectivity index (χ1n) is 5.91. The minimum absolute atomic E-state index is 0.222. The van der Waals surface area contributed by atoms with Crippen LogP contribution in [0.1, 0.15) is 25.0 Å². The summed E-state index contributed by atoms with van der Waals surface area (Å²) in [7, 11) is 2.07. The zero-order valence-electron chi connectivity index (χ0n) is 10.8. The molecule has 0 aliphatic carbocycles. The van der Waals surface area contributed by atoms with E-state index in [0.717, 1.165) is 6.54 Å². The second kappa shape index (κ2) is 6.02. The van der Waals surface area contributed by atoms with Crippen LogP contribution in [0, 0.1) is 12.8 Å². The van der Waals surface area contributed by atoms with Crippen molar-refractivity contribution in [3.63, 3.8) is 0 Å². The van der Waals surface area contributed by atoms with Crippen molar-refractivity contribution >= 4 is 0 Å². The molecule has 1 N–H and O–H groups in total. The molecule has 2 nitrogen and oxygen atoms in total. The molecule has 0 radical (unpaired) electrons. The Balaban J connectivity index is 2.66. The lowest BCUT2D eigenvalue weighted by molar-refractivity contribution is 0.108. The number of benzene rings is 1. The molecule has 1 rings (SSSR count). The highest BCUT2D eigenvalue weighted by atomic mass is 16.3. The molecule has 0 bridgehead atoms. The summed E-state index contributed by atoms with van der Waals surface area (Å²) in [5, 5.41) is 9.36. The topological polar surface area (TPSA) is 23.5 Å². The van der Waals surface area contributed by atoms with Crippen LogP contribution in [0.2, 0.25) is 0 Å². The number of hydrogen-bond acceptors (Lipinski definition) is 2. The molecule has 0 saturated carbocycles. The van der Waals surface area contributed by atoms with Gasteiger partial charge in [0.05, 0.1) is 6.61 Å². The molecular weight excluding hydrogens is 198 g/mol. The van der Waals surface area contributed by atoms with Gasteiger partial charge in [-0.3, -0.25) is 4.90 Å². The standard InChI is InChI=1S/C14H23NO/c1-11(2)14(10-16)15(4)9-13-7-5-6-12(3)8-13/h5-8,11,14,16H,9-10H2,1-4H3. The van der Waals surface area contributed by atoms with Gasteiger partial charge in [-0.1, -0.05) is 43.7 Å². The normalized spacial score (nSPS) is 13.4. The quantitative estimate of drug-likeness (QED) is 0.825. The summed E-state index contributed by atoms with van der Waals surface area (Å²) in [6, 6.07) is 8.77. The SMILES string of the molecule is Cc1cccc(CN(C)C(CO)C(C)C)c1. The van der Waals surface area contributed by atoms with Crippen LogP contribution in [0.4, 0.5) is 0 Å². The summed E-state index contributed by atoms with van der Waals surface area (Å²) in [4.78, 5) is 2.22. The summed E-state index contributed by atoms with van der Waals surface area (Å²) < 4.78 is 0. The van der Waals surface area contributed by atoms with Crippen molar-refractivity contribution in [1.82, 2.24) is 4.90 Å². The van der Waals surface area contributed by atoms with Crippen molar-refractivity contribution in [2.45, 2.75) is 33.4 Å². The second-order valence-corrected chi connectivity index (χ2v) is 4.90. The molecule has 1 aromatic rings. The molecule has 1 aromatic carbocycles. The van der Waals surface area contributed by atoms with Crippen LogP contribution >= 0.6 is 0 Å². The summed E-state index contributed by atoms with van der Waals surface area (Å²) in [6.07, 6.45) is 0. The van der Waals surface area contributed by atoms with Gasteiger partial charge in [0.1, 0.15) is 0 Å². The van der Waals surface area contributed by atoms with Crippen molar-refractivity contribution < 1.29 is 5.11 Å². The van der Waals surface area contributed by atoms with Gasteiger partial charge in [-0.25, -0.2) is 0 Å². The predicted molar refractivity (Wildman–Crippen MR) is 68.4 cm³/mol. The fourth-order valence-corrected chi connectivity index (χ4v) is 2.07. The number of aliphatic hydroxyl groups is 1. The third-order valence-corrected chi connectivity index (χ3v) is 3.04. The van der Waals surface area contributed by atoms with Gasteiger partial charge in [0.25, 0.3) is 0 Å². The highest BCUT2D eigenvalue weighted by Crippen LogP contribution is 2.13. The van der Waals surface area contributed by atoms with Crippen LogP contribution in [-0.2, 0) is 6.54 Å². The van der Waals surface area contributed by atoms with E-state index in [1.165, 1.54) is 11.1 Å². The van der Waals surface area contributed by atoms with E-state index in [1.807, 2.05) is 0 Å². The highest BCUT2D eigenvalue weighted by Gasteiger charge is 2.17. The lowest BCUT2D eigenvalue weighted by Gasteiger charge is -2.29. The van der Waals surface area contributed by atoms with Crippen LogP contribution in [0.5, 0.6) is 0 Å². The number of aliphatic hydroxyl groups excluding tert-OH is 1. The Morgan fingerprint density at radius 2 is 2.00 bits per heavy atom. The highest BCUT2D eigenvalue weighted by molar-refractivity contribution is 5.22. The minimum atomic E-state index is 0.222. The molecule has 0 fully saturated rings. The van der Waals surface area contributed by atoms with Crippen molar-refractivity contribution in [2.24, 2.45) is 5.92 Å². The molecule has 0 amide bonds. The monoisotopic (exact) mass is 221 g/mol. The van der Waals surface area contributed by atoms with E-state index in [2.05, 4.69) is 57.0 Å². The molecule has 90 valence electrons. The van der Waals surface area contributed by atoms with E-state index in [4.69, 9.17) is 0 Å². The molecule has 0 saturated heterocycles. The Morgan fingerprint density at radius 1 is 1.31 bits per heavy atom. The fourth-order valence-electron chi connectivity index (χ4n) is 2.07. The molecule has 2 heteroatoms. The molecule has 1 atom stereocenters. The van der Waals surface area contributed by atoms with E-state index in [9.17, 15) is 5.11 Å². The number of hydrogen-bond donors (Lipinski definition) is 1. The summed E-state index contributed by atoms with van der Waals surface area (Å²) in [5.41, 5.74) is 2.59. The van der Waals surface area contributed by atoms with E-state index in [-0.39, 0.29) is 12.6 Å². The van der Waals surface area contributed by atoms with Crippen LogP contribution < -0.4 is 0 Å². The Bertz CT molecular complexity index is 322. The molecule has 0 aliphatic rings. The first kappa shape index (κ1) is 13.2. The predicted octanol–water partition coefficient (Wildman–Crippen LogP) is 2.44. The maximum Gasteiger partial charge on any atom is 0.0589 e. The summed E-state index contributed by atoms with van der Waals surface area (Å²) in [5.74, 6) is 0.472. The number of nitrogens with zero attached hydrogens (tertiary/aromatic N) is 1. The molecular formula is C14H23NO. The second-order valence-electron chi connectivity index (χ2n) is 4.90. The van der Waals surface area contributed by atoms with Gasteiger partial charge in [0.2, 0.25) is 0 Å². The minimum Gasteiger partial charge on any atom is -0.395 e. The van der Waals surface area contributed by atoms with Crippen LogP contribution in [0.15, 0.2) is 24.3 Å². The smallest absolute Gasteiger partial charge is 0.0589 e. The van der Waals surface area contributed by atoms with Gasteiger partial charge in [0.15, 0.2) is 0 Å². The number of likely N-dealkylation sites (N-methyl/N-ethyl adjacent to an activating group) is 1. The van der Waals surface area contributed by atoms with Gasteiger partial charge in [-0.05, 0) is 25.5 Å². The zero-order valence-corrected chi connectivity index (χ0v) is 10.8. The van der Waals surface area contributed by atoms with Crippen molar-refractivity contribution in [3.8, 4) is 0 Å².